The van der Waals surface area contributed by atoms with Gasteiger partial charge >= 0.3 is 18.7 Å². The van der Waals surface area contributed by atoms with Gasteiger partial charge in [-0.3, -0.25) is 9.59 Å². The standard InChI is InChI=1S/C7H11O4/c1-3-6(8)10-5-11-7(9)4-2/h5H,3-4H2,1-2H3. The maximum atomic E-state index is 10.4. The normalized spacial score (nSPS) is 8.91. The summed E-state index contributed by atoms with van der Waals surface area (Å²) in [5, 5.41) is 0. The molecule has 0 heterocycles. The summed E-state index contributed by atoms with van der Waals surface area (Å²) in [6, 6.07) is 0. The number of carbonyl (C=O) groups excluding carboxylic acids is 2. The molecule has 0 aromatic heterocycles. The fraction of sp³-hybridized carbons (Fsp3) is 0.571. The minimum atomic E-state index is -0.422. The molecule has 0 aliphatic rings. The molecule has 1 radical (unpaired) electrons. The van der Waals surface area contributed by atoms with E-state index in [1.54, 1.807) is 13.8 Å². The molecule has 0 atom stereocenters. The van der Waals surface area contributed by atoms with Crippen LogP contribution >= 0.6 is 0 Å². The van der Waals surface area contributed by atoms with Gasteiger partial charge in [-0.1, -0.05) is 13.8 Å². The van der Waals surface area contributed by atoms with E-state index in [0.717, 1.165) is 6.79 Å². The number of carbonyl (C=O) groups is 2. The largest absolute Gasteiger partial charge is 0.417 e. The summed E-state index contributed by atoms with van der Waals surface area (Å²) in [6.45, 7) is 4.06. The van der Waals surface area contributed by atoms with Crippen LogP contribution in [0.5, 0.6) is 0 Å². The highest BCUT2D eigenvalue weighted by Crippen LogP contribution is 1.92. The van der Waals surface area contributed by atoms with Gasteiger partial charge in [-0.25, -0.2) is 0 Å². The Hall–Kier alpha value is -1.06. The Kier molecular flexibility index (Phi) is 5.15. The molecule has 11 heavy (non-hydrogen) atoms. The Morgan fingerprint density at radius 3 is 1.73 bits per heavy atom. The fourth-order valence-electron chi connectivity index (χ4n) is 0.298. The highest BCUT2D eigenvalue weighted by atomic mass is 16.7. The third-order valence-corrected chi connectivity index (χ3v) is 0.936. The second-order valence-corrected chi connectivity index (χ2v) is 1.78. The molecule has 0 unspecified atom stereocenters. The second kappa shape index (κ2) is 5.70. The Morgan fingerprint density at radius 2 is 1.45 bits per heavy atom. The van der Waals surface area contributed by atoms with E-state index in [2.05, 4.69) is 9.47 Å². The summed E-state index contributed by atoms with van der Waals surface area (Å²) in [6.07, 6.45) is 0.528. The van der Waals surface area contributed by atoms with Crippen molar-refractivity contribution in [2.75, 3.05) is 0 Å². The van der Waals surface area contributed by atoms with Gasteiger partial charge in [0, 0.05) is 12.8 Å². The van der Waals surface area contributed by atoms with Crippen LogP contribution in [-0.2, 0) is 19.1 Å². The van der Waals surface area contributed by atoms with Crippen LogP contribution in [0.4, 0.5) is 0 Å². The molecule has 0 N–H and O–H groups in total. The van der Waals surface area contributed by atoms with Crippen molar-refractivity contribution in [3.63, 3.8) is 0 Å². The number of ether oxygens (including phenoxy) is 2. The highest BCUT2D eigenvalue weighted by Gasteiger charge is 2.02. The molecule has 0 aromatic carbocycles. The van der Waals surface area contributed by atoms with Crippen molar-refractivity contribution >= 4 is 11.9 Å². The minimum absolute atomic E-state index is 0.264. The second-order valence-electron chi connectivity index (χ2n) is 1.78. The van der Waals surface area contributed by atoms with Gasteiger partial charge in [0.1, 0.15) is 0 Å². The van der Waals surface area contributed by atoms with E-state index in [1.165, 1.54) is 0 Å². The quantitative estimate of drug-likeness (QED) is 0.574. The van der Waals surface area contributed by atoms with Crippen LogP contribution in [-0.4, -0.2) is 11.9 Å². The molecule has 0 aliphatic heterocycles. The molecule has 0 saturated carbocycles. The summed E-state index contributed by atoms with van der Waals surface area (Å²) in [5.74, 6) is -0.845. The average Bonchev–Trinajstić information content (AvgIpc) is 2.04. The summed E-state index contributed by atoms with van der Waals surface area (Å²) < 4.78 is 8.71. The van der Waals surface area contributed by atoms with Gasteiger partial charge in [-0.15, -0.1) is 0 Å². The Bertz CT molecular complexity index is 125. The SMILES string of the molecule is CCC(=O)O[CH]OC(=O)CC. The predicted octanol–water partition coefficient (Wildman–Crippen LogP) is 1.01. The first-order valence-corrected chi connectivity index (χ1v) is 3.41. The van der Waals surface area contributed by atoms with Crippen molar-refractivity contribution in [3.8, 4) is 0 Å². The zero-order chi connectivity index (χ0) is 8.69. The van der Waals surface area contributed by atoms with E-state index in [1.807, 2.05) is 0 Å². The van der Waals surface area contributed by atoms with Gasteiger partial charge in [-0.05, 0) is 0 Å². The third-order valence-electron chi connectivity index (χ3n) is 0.936. The maximum absolute atomic E-state index is 10.4. The first kappa shape index (κ1) is 9.94. The summed E-state index contributed by atoms with van der Waals surface area (Å²) >= 11 is 0. The van der Waals surface area contributed by atoms with Crippen LogP contribution in [0.25, 0.3) is 0 Å². The Balaban J connectivity index is 3.27. The molecule has 4 heteroatoms. The predicted molar refractivity (Wildman–Crippen MR) is 37.1 cm³/mol. The third kappa shape index (κ3) is 5.39. The number of rotatable bonds is 4. The van der Waals surface area contributed by atoms with E-state index in [-0.39, 0.29) is 12.8 Å². The average molecular weight is 159 g/mol. The molecule has 0 aromatic rings. The summed E-state index contributed by atoms with van der Waals surface area (Å²) in [4.78, 5) is 20.9. The lowest BCUT2D eigenvalue weighted by atomic mass is 10.5. The van der Waals surface area contributed by atoms with Crippen molar-refractivity contribution < 1.29 is 19.1 Å². The van der Waals surface area contributed by atoms with Crippen molar-refractivity contribution in [2.45, 2.75) is 26.7 Å². The van der Waals surface area contributed by atoms with Crippen LogP contribution < -0.4 is 0 Å². The van der Waals surface area contributed by atoms with Crippen LogP contribution in [0.1, 0.15) is 26.7 Å². The lowest BCUT2D eigenvalue weighted by Gasteiger charge is -2.00. The molecule has 63 valence electrons. The number of hydrogen-bond donors (Lipinski definition) is 0. The maximum Gasteiger partial charge on any atom is 0.320 e. The van der Waals surface area contributed by atoms with Crippen LogP contribution in [0, 0.1) is 6.79 Å². The molecule has 4 nitrogen and oxygen atoms in total. The van der Waals surface area contributed by atoms with Gasteiger partial charge in [0.2, 0.25) is 0 Å². The summed E-state index contributed by atoms with van der Waals surface area (Å²) in [7, 11) is 0. The van der Waals surface area contributed by atoms with E-state index in [0.29, 0.717) is 0 Å². The lowest BCUT2D eigenvalue weighted by molar-refractivity contribution is -0.155. The topological polar surface area (TPSA) is 52.6 Å². The van der Waals surface area contributed by atoms with Gasteiger partial charge in [0.05, 0.1) is 0 Å². The zero-order valence-electron chi connectivity index (χ0n) is 6.62. The monoisotopic (exact) mass is 159 g/mol. The fourth-order valence-corrected chi connectivity index (χ4v) is 0.298. The van der Waals surface area contributed by atoms with Gasteiger partial charge < -0.3 is 9.47 Å². The van der Waals surface area contributed by atoms with E-state index in [4.69, 9.17) is 0 Å². The van der Waals surface area contributed by atoms with Crippen LogP contribution in [0.3, 0.4) is 0 Å². The van der Waals surface area contributed by atoms with Crippen molar-refractivity contribution in [2.24, 2.45) is 0 Å². The number of hydrogen-bond acceptors (Lipinski definition) is 4. The summed E-state index contributed by atoms with van der Waals surface area (Å²) in [5.41, 5.74) is 0. The lowest BCUT2D eigenvalue weighted by Crippen LogP contribution is -2.06. The highest BCUT2D eigenvalue weighted by molar-refractivity contribution is 5.71. The molecule has 0 aliphatic carbocycles. The van der Waals surface area contributed by atoms with Crippen LogP contribution in [0.15, 0.2) is 0 Å². The van der Waals surface area contributed by atoms with E-state index >= 15 is 0 Å². The molecule has 0 spiro atoms. The number of esters is 2. The molecule has 0 fully saturated rings. The van der Waals surface area contributed by atoms with Crippen molar-refractivity contribution in [3.05, 3.63) is 6.79 Å². The molecule has 0 amide bonds. The molecular weight excluding hydrogens is 148 g/mol. The van der Waals surface area contributed by atoms with E-state index < -0.39 is 11.9 Å². The molecule has 0 saturated heterocycles. The molecular formula is C7H11O4. The smallest absolute Gasteiger partial charge is 0.320 e. The van der Waals surface area contributed by atoms with Gasteiger partial charge in [-0.2, -0.15) is 0 Å². The van der Waals surface area contributed by atoms with E-state index in [9.17, 15) is 9.59 Å². The molecule has 0 rings (SSSR count). The Labute approximate surface area is 65.5 Å². The van der Waals surface area contributed by atoms with Gasteiger partial charge in [0.25, 0.3) is 0 Å². The first-order chi connectivity index (χ1) is 5.20. The molecule has 0 bridgehead atoms. The Morgan fingerprint density at radius 1 is 1.09 bits per heavy atom. The minimum Gasteiger partial charge on any atom is -0.417 e. The first-order valence-electron chi connectivity index (χ1n) is 3.41. The van der Waals surface area contributed by atoms with Crippen molar-refractivity contribution in [1.29, 1.82) is 0 Å². The van der Waals surface area contributed by atoms with Crippen molar-refractivity contribution in [1.82, 2.24) is 0 Å². The van der Waals surface area contributed by atoms with Crippen LogP contribution in [0.2, 0.25) is 0 Å². The van der Waals surface area contributed by atoms with Gasteiger partial charge in [0.15, 0.2) is 0 Å². The zero-order valence-corrected chi connectivity index (χ0v) is 6.62.